The summed E-state index contributed by atoms with van der Waals surface area (Å²) < 4.78 is 26.6. The number of nitrogens with one attached hydrogen (secondary N) is 2. The largest absolute Gasteiger partial charge is 0.356 e. The summed E-state index contributed by atoms with van der Waals surface area (Å²) in [5.74, 6) is -0.360. The van der Waals surface area contributed by atoms with Crippen LogP contribution in [0.3, 0.4) is 0 Å². The van der Waals surface area contributed by atoms with Crippen LogP contribution in [0.4, 0.5) is 0 Å². The van der Waals surface area contributed by atoms with Gasteiger partial charge in [-0.2, -0.15) is 4.31 Å². The smallest absolute Gasteiger partial charge is 0.268 e. The van der Waals surface area contributed by atoms with Crippen LogP contribution in [-0.2, 0) is 16.6 Å². The van der Waals surface area contributed by atoms with Crippen LogP contribution in [0.2, 0.25) is 0 Å². The van der Waals surface area contributed by atoms with Crippen molar-refractivity contribution >= 4 is 15.9 Å². The second-order valence-electron chi connectivity index (χ2n) is 5.72. The molecule has 1 fully saturated rings. The SMILES string of the molecule is O=C(NCc1ccccn1)c1cc(S(=O)(=O)N2CCCCC2)c[nH]1. The van der Waals surface area contributed by atoms with Gasteiger partial charge in [0, 0.05) is 25.5 Å². The van der Waals surface area contributed by atoms with Gasteiger partial charge in [0.05, 0.1) is 12.2 Å². The second-order valence-corrected chi connectivity index (χ2v) is 7.66. The van der Waals surface area contributed by atoms with Crippen molar-refractivity contribution in [3.63, 3.8) is 0 Å². The zero-order valence-electron chi connectivity index (χ0n) is 13.2. The normalized spacial score (nSPS) is 16.0. The maximum absolute atomic E-state index is 12.6. The second kappa shape index (κ2) is 7.14. The molecular weight excluding hydrogens is 328 g/mol. The highest BCUT2D eigenvalue weighted by molar-refractivity contribution is 7.89. The number of piperidine rings is 1. The van der Waals surface area contributed by atoms with Crippen molar-refractivity contribution in [3.05, 3.63) is 48.0 Å². The summed E-state index contributed by atoms with van der Waals surface area (Å²) >= 11 is 0. The zero-order valence-corrected chi connectivity index (χ0v) is 14.1. The number of pyridine rings is 1. The molecule has 1 aliphatic rings. The molecule has 1 aliphatic heterocycles. The summed E-state index contributed by atoms with van der Waals surface area (Å²) in [5.41, 5.74) is 0.958. The average molecular weight is 348 g/mol. The van der Waals surface area contributed by atoms with Crippen molar-refractivity contribution in [2.24, 2.45) is 0 Å². The summed E-state index contributed by atoms with van der Waals surface area (Å²) in [4.78, 5) is 19.2. The summed E-state index contributed by atoms with van der Waals surface area (Å²) in [5, 5.41) is 2.72. The van der Waals surface area contributed by atoms with E-state index in [9.17, 15) is 13.2 Å². The average Bonchev–Trinajstić information content (AvgIpc) is 3.12. The van der Waals surface area contributed by atoms with Crippen molar-refractivity contribution in [2.45, 2.75) is 30.7 Å². The first-order chi connectivity index (χ1) is 11.6. The number of carbonyl (C=O) groups is 1. The molecule has 2 aromatic heterocycles. The third-order valence-electron chi connectivity index (χ3n) is 4.01. The van der Waals surface area contributed by atoms with Gasteiger partial charge in [-0.05, 0) is 31.0 Å². The van der Waals surface area contributed by atoms with E-state index < -0.39 is 10.0 Å². The van der Waals surface area contributed by atoms with Crippen LogP contribution in [0, 0.1) is 0 Å². The first-order valence-electron chi connectivity index (χ1n) is 7.94. The van der Waals surface area contributed by atoms with E-state index >= 15 is 0 Å². The van der Waals surface area contributed by atoms with Crippen LogP contribution in [-0.4, -0.2) is 41.7 Å². The van der Waals surface area contributed by atoms with E-state index in [-0.39, 0.29) is 23.0 Å². The molecule has 1 saturated heterocycles. The monoisotopic (exact) mass is 348 g/mol. The number of amides is 1. The molecule has 8 heteroatoms. The lowest BCUT2D eigenvalue weighted by Crippen LogP contribution is -2.35. The predicted octanol–water partition coefficient (Wildman–Crippen LogP) is 1.51. The third-order valence-corrected chi connectivity index (χ3v) is 5.89. The lowest BCUT2D eigenvalue weighted by atomic mass is 10.2. The van der Waals surface area contributed by atoms with E-state index in [4.69, 9.17) is 0 Å². The number of carbonyl (C=O) groups excluding carboxylic acids is 1. The van der Waals surface area contributed by atoms with Gasteiger partial charge >= 0.3 is 0 Å². The molecule has 24 heavy (non-hydrogen) atoms. The molecule has 2 N–H and O–H groups in total. The topological polar surface area (TPSA) is 95.2 Å². The molecule has 2 aromatic rings. The van der Waals surface area contributed by atoms with E-state index in [2.05, 4.69) is 15.3 Å². The van der Waals surface area contributed by atoms with Crippen LogP contribution in [0.25, 0.3) is 0 Å². The predicted molar refractivity (Wildman–Crippen MR) is 88.8 cm³/mol. The minimum atomic E-state index is -3.53. The fourth-order valence-corrected chi connectivity index (χ4v) is 4.19. The van der Waals surface area contributed by atoms with Gasteiger partial charge in [0.25, 0.3) is 5.91 Å². The third kappa shape index (κ3) is 3.65. The number of rotatable bonds is 5. The maximum Gasteiger partial charge on any atom is 0.268 e. The Hall–Kier alpha value is -2.19. The summed E-state index contributed by atoms with van der Waals surface area (Å²) in [7, 11) is -3.53. The minimum Gasteiger partial charge on any atom is -0.356 e. The first-order valence-corrected chi connectivity index (χ1v) is 9.38. The molecule has 0 radical (unpaired) electrons. The number of H-pyrrole nitrogens is 1. The fourth-order valence-electron chi connectivity index (χ4n) is 2.68. The molecule has 7 nitrogen and oxygen atoms in total. The highest BCUT2D eigenvalue weighted by Crippen LogP contribution is 2.21. The molecule has 128 valence electrons. The molecule has 3 rings (SSSR count). The molecule has 3 heterocycles. The number of aromatic amines is 1. The highest BCUT2D eigenvalue weighted by Gasteiger charge is 2.27. The van der Waals surface area contributed by atoms with Crippen molar-refractivity contribution < 1.29 is 13.2 Å². The standard InChI is InChI=1S/C16H20N4O3S/c21-16(19-11-13-6-2-3-7-17-13)15-10-14(12-18-15)24(22,23)20-8-4-1-5-9-20/h2-3,6-7,10,12,18H,1,4-5,8-9,11H2,(H,19,21). The summed E-state index contributed by atoms with van der Waals surface area (Å²) in [6.45, 7) is 1.36. The van der Waals surface area contributed by atoms with Crippen LogP contribution >= 0.6 is 0 Å². The van der Waals surface area contributed by atoms with Gasteiger partial charge in [0.1, 0.15) is 10.6 Å². The van der Waals surface area contributed by atoms with E-state index in [0.717, 1.165) is 25.0 Å². The highest BCUT2D eigenvalue weighted by atomic mass is 32.2. The summed E-state index contributed by atoms with van der Waals surface area (Å²) in [6, 6.07) is 6.83. The molecule has 0 unspecified atom stereocenters. The number of nitrogens with zero attached hydrogens (tertiary/aromatic N) is 2. The van der Waals surface area contributed by atoms with Crippen molar-refractivity contribution in [1.29, 1.82) is 0 Å². The van der Waals surface area contributed by atoms with Crippen LogP contribution in [0.15, 0.2) is 41.6 Å². The van der Waals surface area contributed by atoms with Crippen molar-refractivity contribution in [3.8, 4) is 0 Å². The zero-order chi connectivity index (χ0) is 17.0. The molecule has 0 saturated carbocycles. The van der Waals surface area contributed by atoms with Gasteiger partial charge in [-0.15, -0.1) is 0 Å². The van der Waals surface area contributed by atoms with E-state index in [1.54, 1.807) is 18.3 Å². The van der Waals surface area contributed by atoms with Gasteiger partial charge in [-0.3, -0.25) is 9.78 Å². The van der Waals surface area contributed by atoms with E-state index in [0.29, 0.717) is 13.1 Å². The van der Waals surface area contributed by atoms with Gasteiger partial charge in [-0.1, -0.05) is 12.5 Å². The Kier molecular flexibility index (Phi) is 4.96. The lowest BCUT2D eigenvalue weighted by Gasteiger charge is -2.25. The van der Waals surface area contributed by atoms with Gasteiger partial charge < -0.3 is 10.3 Å². The molecule has 0 atom stereocenters. The Morgan fingerprint density at radius 1 is 1.25 bits per heavy atom. The number of hydrogen-bond acceptors (Lipinski definition) is 4. The summed E-state index contributed by atoms with van der Waals surface area (Å²) in [6.07, 6.45) is 5.83. The van der Waals surface area contributed by atoms with Gasteiger partial charge in [-0.25, -0.2) is 8.42 Å². The van der Waals surface area contributed by atoms with Crippen LogP contribution < -0.4 is 5.32 Å². The molecule has 0 aliphatic carbocycles. The van der Waals surface area contributed by atoms with Gasteiger partial charge in [0.15, 0.2) is 0 Å². The Morgan fingerprint density at radius 3 is 2.75 bits per heavy atom. The number of sulfonamides is 1. The minimum absolute atomic E-state index is 0.132. The van der Waals surface area contributed by atoms with Crippen molar-refractivity contribution in [1.82, 2.24) is 19.6 Å². The number of aromatic nitrogens is 2. The molecule has 0 bridgehead atoms. The van der Waals surface area contributed by atoms with Gasteiger partial charge in [0.2, 0.25) is 10.0 Å². The Balaban J connectivity index is 1.67. The molecule has 1 amide bonds. The Bertz CT molecular complexity index is 796. The first kappa shape index (κ1) is 16.7. The molecule has 0 aromatic carbocycles. The maximum atomic E-state index is 12.6. The van der Waals surface area contributed by atoms with E-state index in [1.807, 2.05) is 6.07 Å². The lowest BCUT2D eigenvalue weighted by molar-refractivity contribution is 0.0946. The Labute approximate surface area is 141 Å². The number of hydrogen-bond donors (Lipinski definition) is 2. The quantitative estimate of drug-likeness (QED) is 0.856. The van der Waals surface area contributed by atoms with Crippen LogP contribution in [0.1, 0.15) is 35.4 Å². The van der Waals surface area contributed by atoms with Crippen LogP contribution in [0.5, 0.6) is 0 Å². The molecular formula is C16H20N4O3S. The van der Waals surface area contributed by atoms with Crippen molar-refractivity contribution in [2.75, 3.05) is 13.1 Å². The fraction of sp³-hybridized carbons (Fsp3) is 0.375. The molecule has 0 spiro atoms. The van der Waals surface area contributed by atoms with E-state index in [1.165, 1.54) is 16.6 Å². The Morgan fingerprint density at radius 2 is 2.04 bits per heavy atom.